The minimum absolute atomic E-state index is 0.0214. The van der Waals surface area contributed by atoms with Gasteiger partial charge in [0.05, 0.1) is 18.8 Å². The maximum Gasteiger partial charge on any atom is 0.192 e. The Morgan fingerprint density at radius 2 is 2.00 bits per heavy atom. The summed E-state index contributed by atoms with van der Waals surface area (Å²) < 4.78 is 5.42. The molecule has 3 atom stereocenters. The van der Waals surface area contributed by atoms with E-state index < -0.39 is 24.6 Å². The Hall–Kier alpha value is -0.650. The Bertz CT molecular complexity index is 381. The van der Waals surface area contributed by atoms with Gasteiger partial charge in [-0.2, -0.15) is 0 Å². The van der Waals surface area contributed by atoms with Crippen molar-refractivity contribution in [3.63, 3.8) is 0 Å². The fourth-order valence-electron chi connectivity index (χ4n) is 2.04. The number of ether oxygens (including phenoxy) is 1. The van der Waals surface area contributed by atoms with E-state index in [1.54, 1.807) is 24.3 Å². The molecule has 94 valence electrons. The van der Waals surface area contributed by atoms with Crippen molar-refractivity contribution >= 4 is 11.6 Å². The van der Waals surface area contributed by atoms with Crippen LogP contribution in [-0.4, -0.2) is 33.8 Å². The van der Waals surface area contributed by atoms with E-state index in [0.29, 0.717) is 11.4 Å². The van der Waals surface area contributed by atoms with Crippen molar-refractivity contribution in [2.75, 3.05) is 6.61 Å². The zero-order chi connectivity index (χ0) is 12.5. The van der Waals surface area contributed by atoms with Crippen molar-refractivity contribution < 1.29 is 20.1 Å². The molecular weight excluding hydrogens is 244 g/mol. The number of halogens is 1. The molecule has 1 aromatic rings. The molecule has 0 radical (unpaired) electrons. The lowest BCUT2D eigenvalue weighted by Crippen LogP contribution is -2.45. The van der Waals surface area contributed by atoms with Gasteiger partial charge < -0.3 is 20.1 Å². The Balaban J connectivity index is 2.18. The van der Waals surface area contributed by atoms with E-state index in [1.165, 1.54) is 0 Å². The first kappa shape index (κ1) is 12.8. The summed E-state index contributed by atoms with van der Waals surface area (Å²) in [6.45, 7) is -0.534. The minimum Gasteiger partial charge on any atom is -0.393 e. The van der Waals surface area contributed by atoms with Gasteiger partial charge in [0.2, 0.25) is 0 Å². The first-order valence-corrected chi connectivity index (χ1v) is 5.85. The number of rotatable bonds is 2. The molecule has 0 aliphatic carbocycles. The molecule has 3 unspecified atom stereocenters. The number of hydrogen-bond donors (Lipinski definition) is 3. The molecule has 2 rings (SSSR count). The maximum atomic E-state index is 9.88. The van der Waals surface area contributed by atoms with E-state index in [1.807, 2.05) is 0 Å². The SMILES string of the molecule is OCC1(O)CC(O)CC(c2ccc(Cl)cc2)O1. The standard InChI is InChI=1S/C12H15ClO4/c13-9-3-1-8(2-4-9)11-5-10(15)6-12(16,7-14)17-11/h1-4,10-11,14-16H,5-7H2. The molecule has 0 amide bonds. The highest BCUT2D eigenvalue weighted by molar-refractivity contribution is 6.30. The average Bonchev–Trinajstić information content (AvgIpc) is 2.29. The van der Waals surface area contributed by atoms with Gasteiger partial charge in [-0.1, -0.05) is 23.7 Å². The van der Waals surface area contributed by atoms with Crippen molar-refractivity contribution in [1.82, 2.24) is 0 Å². The zero-order valence-electron chi connectivity index (χ0n) is 9.21. The van der Waals surface area contributed by atoms with E-state index in [4.69, 9.17) is 21.4 Å². The number of hydrogen-bond acceptors (Lipinski definition) is 4. The summed E-state index contributed by atoms with van der Waals surface area (Å²) in [7, 11) is 0. The highest BCUT2D eigenvalue weighted by atomic mass is 35.5. The monoisotopic (exact) mass is 258 g/mol. The Labute approximate surface area is 104 Å². The third kappa shape index (κ3) is 2.97. The predicted octanol–water partition coefficient (Wildman–Crippen LogP) is 1.23. The molecule has 1 aliphatic rings. The van der Waals surface area contributed by atoms with Gasteiger partial charge in [-0.05, 0) is 17.7 Å². The second kappa shape index (κ2) is 4.92. The highest BCUT2D eigenvalue weighted by Gasteiger charge is 2.39. The number of benzene rings is 1. The second-order valence-corrected chi connectivity index (χ2v) is 4.79. The maximum absolute atomic E-state index is 9.88. The van der Waals surface area contributed by atoms with Gasteiger partial charge in [0.1, 0.15) is 0 Å². The lowest BCUT2D eigenvalue weighted by Gasteiger charge is -2.38. The van der Waals surface area contributed by atoms with Crippen LogP contribution in [0.5, 0.6) is 0 Å². The molecule has 0 saturated carbocycles. The van der Waals surface area contributed by atoms with Crippen molar-refractivity contribution in [1.29, 1.82) is 0 Å². The minimum atomic E-state index is -1.66. The molecular formula is C12H15ClO4. The summed E-state index contributed by atoms with van der Waals surface area (Å²) >= 11 is 5.78. The number of aliphatic hydroxyl groups is 3. The van der Waals surface area contributed by atoms with Gasteiger partial charge in [0.15, 0.2) is 5.79 Å². The third-order valence-electron chi connectivity index (χ3n) is 2.89. The first-order valence-electron chi connectivity index (χ1n) is 5.47. The molecule has 1 fully saturated rings. The van der Waals surface area contributed by atoms with Crippen LogP contribution in [0.3, 0.4) is 0 Å². The van der Waals surface area contributed by atoms with Gasteiger partial charge >= 0.3 is 0 Å². The molecule has 0 bridgehead atoms. The quantitative estimate of drug-likeness (QED) is 0.746. The lowest BCUT2D eigenvalue weighted by molar-refractivity contribution is -0.288. The summed E-state index contributed by atoms with van der Waals surface area (Å²) in [5, 5.41) is 29.2. The van der Waals surface area contributed by atoms with Crippen LogP contribution in [0.1, 0.15) is 24.5 Å². The molecule has 1 saturated heterocycles. The summed E-state index contributed by atoms with van der Waals surface area (Å²) in [5.74, 6) is -1.66. The molecule has 4 nitrogen and oxygen atoms in total. The van der Waals surface area contributed by atoms with E-state index >= 15 is 0 Å². The fourth-order valence-corrected chi connectivity index (χ4v) is 2.17. The van der Waals surface area contributed by atoms with Gasteiger partial charge in [0, 0.05) is 17.9 Å². The Morgan fingerprint density at radius 3 is 2.59 bits per heavy atom. The van der Waals surface area contributed by atoms with Crippen LogP contribution < -0.4 is 0 Å². The smallest absolute Gasteiger partial charge is 0.192 e. The predicted molar refractivity (Wildman–Crippen MR) is 62.6 cm³/mol. The zero-order valence-corrected chi connectivity index (χ0v) is 9.97. The van der Waals surface area contributed by atoms with Crippen LogP contribution in [0.25, 0.3) is 0 Å². The normalized spacial score (nSPS) is 33.6. The molecule has 1 aliphatic heterocycles. The average molecular weight is 259 g/mol. The first-order chi connectivity index (χ1) is 8.02. The summed E-state index contributed by atoms with van der Waals surface area (Å²) in [6, 6.07) is 7.00. The summed E-state index contributed by atoms with van der Waals surface area (Å²) in [6.07, 6.45) is -0.716. The van der Waals surface area contributed by atoms with Gasteiger partial charge in [-0.15, -0.1) is 0 Å². The second-order valence-electron chi connectivity index (χ2n) is 4.36. The highest BCUT2D eigenvalue weighted by Crippen LogP contribution is 2.36. The van der Waals surface area contributed by atoms with Crippen LogP contribution in [0.2, 0.25) is 5.02 Å². The van der Waals surface area contributed by atoms with Crippen molar-refractivity contribution in [2.24, 2.45) is 0 Å². The van der Waals surface area contributed by atoms with E-state index in [2.05, 4.69) is 0 Å². The van der Waals surface area contributed by atoms with Crippen molar-refractivity contribution in [3.8, 4) is 0 Å². The molecule has 5 heteroatoms. The molecule has 3 N–H and O–H groups in total. The topological polar surface area (TPSA) is 69.9 Å². The van der Waals surface area contributed by atoms with Crippen LogP contribution in [0.4, 0.5) is 0 Å². The molecule has 1 aromatic carbocycles. The third-order valence-corrected chi connectivity index (χ3v) is 3.14. The van der Waals surface area contributed by atoms with Gasteiger partial charge in [0.25, 0.3) is 0 Å². The largest absolute Gasteiger partial charge is 0.393 e. The van der Waals surface area contributed by atoms with Crippen LogP contribution in [-0.2, 0) is 4.74 Å². The van der Waals surface area contributed by atoms with Crippen LogP contribution in [0.15, 0.2) is 24.3 Å². The van der Waals surface area contributed by atoms with E-state index in [0.717, 1.165) is 5.56 Å². The molecule has 0 aromatic heterocycles. The summed E-state index contributed by atoms with van der Waals surface area (Å²) in [5.41, 5.74) is 0.819. The lowest BCUT2D eigenvalue weighted by atomic mass is 9.94. The van der Waals surface area contributed by atoms with Crippen molar-refractivity contribution in [2.45, 2.75) is 30.8 Å². The Kier molecular flexibility index (Phi) is 3.70. The van der Waals surface area contributed by atoms with Crippen LogP contribution in [0, 0.1) is 0 Å². The van der Waals surface area contributed by atoms with Gasteiger partial charge in [-0.3, -0.25) is 0 Å². The van der Waals surface area contributed by atoms with Crippen molar-refractivity contribution in [3.05, 3.63) is 34.9 Å². The van der Waals surface area contributed by atoms with Crippen LogP contribution >= 0.6 is 11.6 Å². The van der Waals surface area contributed by atoms with E-state index in [-0.39, 0.29) is 6.42 Å². The summed E-state index contributed by atoms with van der Waals surface area (Å²) in [4.78, 5) is 0. The fraction of sp³-hybridized carbons (Fsp3) is 0.500. The molecule has 1 heterocycles. The molecule has 17 heavy (non-hydrogen) atoms. The number of aliphatic hydroxyl groups excluding tert-OH is 2. The molecule has 0 spiro atoms. The van der Waals surface area contributed by atoms with E-state index in [9.17, 15) is 10.2 Å². The Morgan fingerprint density at radius 1 is 1.35 bits per heavy atom. The van der Waals surface area contributed by atoms with Gasteiger partial charge in [-0.25, -0.2) is 0 Å².